The van der Waals surface area contributed by atoms with E-state index in [0.29, 0.717) is 30.3 Å². The van der Waals surface area contributed by atoms with Gasteiger partial charge in [0.2, 0.25) is 5.91 Å². The Labute approximate surface area is 163 Å². The molecule has 0 saturated carbocycles. The maximum absolute atomic E-state index is 12.3. The van der Waals surface area contributed by atoms with Crippen LogP contribution in [-0.2, 0) is 11.3 Å². The van der Waals surface area contributed by atoms with Crippen LogP contribution in [0, 0.1) is 0 Å². The molecule has 0 saturated heterocycles. The highest BCUT2D eigenvalue weighted by molar-refractivity contribution is 5.92. The molecule has 0 aliphatic carbocycles. The number of para-hydroxylation sites is 2. The number of nitrogens with one attached hydrogen (secondary N) is 1. The topological polar surface area (TPSA) is 69.6 Å². The van der Waals surface area contributed by atoms with E-state index < -0.39 is 0 Å². The van der Waals surface area contributed by atoms with E-state index in [2.05, 4.69) is 5.32 Å². The maximum Gasteiger partial charge on any atom is 0.250 e. The van der Waals surface area contributed by atoms with E-state index in [1.807, 2.05) is 43.3 Å². The maximum atomic E-state index is 12.3. The summed E-state index contributed by atoms with van der Waals surface area (Å²) in [6.07, 6.45) is 1.85. The van der Waals surface area contributed by atoms with Crippen molar-refractivity contribution in [2.24, 2.45) is 0 Å². The van der Waals surface area contributed by atoms with Gasteiger partial charge in [-0.25, -0.2) is 0 Å². The first-order valence-electron chi connectivity index (χ1n) is 9.11. The van der Waals surface area contributed by atoms with Gasteiger partial charge >= 0.3 is 0 Å². The van der Waals surface area contributed by atoms with Crippen LogP contribution in [0.25, 0.3) is 0 Å². The van der Waals surface area contributed by atoms with E-state index in [0.717, 1.165) is 5.75 Å². The van der Waals surface area contributed by atoms with Gasteiger partial charge in [0.15, 0.2) is 5.75 Å². The minimum atomic E-state index is -0.196. The fourth-order valence-corrected chi connectivity index (χ4v) is 2.64. The van der Waals surface area contributed by atoms with Crippen LogP contribution in [0.15, 0.2) is 77.7 Å². The molecule has 0 atom stereocenters. The molecule has 28 heavy (non-hydrogen) atoms. The van der Waals surface area contributed by atoms with Gasteiger partial charge in [0.25, 0.3) is 5.56 Å². The van der Waals surface area contributed by atoms with Gasteiger partial charge in [-0.2, -0.15) is 0 Å². The van der Waals surface area contributed by atoms with Crippen molar-refractivity contribution in [1.29, 1.82) is 0 Å². The van der Waals surface area contributed by atoms with E-state index in [1.54, 1.807) is 30.5 Å². The summed E-state index contributed by atoms with van der Waals surface area (Å²) in [6, 6.07) is 19.4. The quantitative estimate of drug-likeness (QED) is 0.642. The Hall–Kier alpha value is -3.54. The minimum absolute atomic E-state index is 0.130. The Balaban J connectivity index is 1.64. The van der Waals surface area contributed by atoms with Crippen LogP contribution < -0.4 is 20.3 Å². The van der Waals surface area contributed by atoms with Crippen LogP contribution in [0.4, 0.5) is 5.69 Å². The third-order valence-electron chi connectivity index (χ3n) is 4.00. The largest absolute Gasteiger partial charge is 0.494 e. The molecule has 0 spiro atoms. The van der Waals surface area contributed by atoms with Gasteiger partial charge in [0.05, 0.1) is 12.3 Å². The van der Waals surface area contributed by atoms with Crippen LogP contribution in [0.5, 0.6) is 17.2 Å². The first-order valence-corrected chi connectivity index (χ1v) is 9.11. The first kappa shape index (κ1) is 19.2. The van der Waals surface area contributed by atoms with Crippen molar-refractivity contribution in [3.05, 3.63) is 83.3 Å². The molecule has 0 aliphatic rings. The van der Waals surface area contributed by atoms with Crippen molar-refractivity contribution in [3.63, 3.8) is 0 Å². The average Bonchev–Trinajstić information content (AvgIpc) is 2.70. The van der Waals surface area contributed by atoms with Gasteiger partial charge < -0.3 is 19.4 Å². The van der Waals surface area contributed by atoms with Gasteiger partial charge in [0.1, 0.15) is 11.5 Å². The van der Waals surface area contributed by atoms with E-state index in [9.17, 15) is 9.59 Å². The lowest BCUT2D eigenvalue weighted by atomic mass is 10.2. The van der Waals surface area contributed by atoms with Gasteiger partial charge in [-0.05, 0) is 49.4 Å². The summed E-state index contributed by atoms with van der Waals surface area (Å²) in [5.41, 5.74) is 0.441. The second-order valence-corrected chi connectivity index (χ2v) is 6.03. The lowest BCUT2D eigenvalue weighted by Crippen LogP contribution is -2.21. The SMILES string of the molecule is CCOc1ccc(Oc2ccccc2NC(=O)CCn2ccccc2=O)cc1. The highest BCUT2D eigenvalue weighted by atomic mass is 16.5. The number of carbonyl (C=O) groups excluding carboxylic acids is 1. The molecule has 2 aromatic carbocycles. The fraction of sp³-hybridized carbons (Fsp3) is 0.182. The number of aromatic nitrogens is 1. The molecule has 1 amide bonds. The first-order chi connectivity index (χ1) is 13.7. The van der Waals surface area contributed by atoms with Crippen molar-refractivity contribution in [1.82, 2.24) is 4.57 Å². The van der Waals surface area contributed by atoms with E-state index in [1.165, 1.54) is 10.6 Å². The number of amides is 1. The van der Waals surface area contributed by atoms with Crippen molar-refractivity contribution in [2.75, 3.05) is 11.9 Å². The Morgan fingerprint density at radius 1 is 0.964 bits per heavy atom. The highest BCUT2D eigenvalue weighted by Crippen LogP contribution is 2.30. The van der Waals surface area contributed by atoms with Gasteiger partial charge in [-0.15, -0.1) is 0 Å². The molecule has 0 bridgehead atoms. The zero-order valence-corrected chi connectivity index (χ0v) is 15.6. The normalized spacial score (nSPS) is 10.3. The molecule has 1 heterocycles. The standard InChI is InChI=1S/C22H22N2O4/c1-2-27-17-10-12-18(13-11-17)28-20-8-4-3-7-19(20)23-21(25)14-16-24-15-6-5-9-22(24)26/h3-13,15H,2,14,16H2,1H3,(H,23,25). The minimum Gasteiger partial charge on any atom is -0.494 e. The summed E-state index contributed by atoms with van der Waals surface area (Å²) in [4.78, 5) is 24.0. The fourth-order valence-electron chi connectivity index (χ4n) is 2.64. The predicted octanol–water partition coefficient (Wildman–Crippen LogP) is 4.07. The molecule has 0 fully saturated rings. The summed E-state index contributed by atoms with van der Waals surface area (Å²) in [5.74, 6) is 1.75. The van der Waals surface area contributed by atoms with Crippen LogP contribution >= 0.6 is 0 Å². The number of nitrogens with zero attached hydrogens (tertiary/aromatic N) is 1. The van der Waals surface area contributed by atoms with E-state index >= 15 is 0 Å². The number of benzene rings is 2. The number of carbonyl (C=O) groups is 1. The number of aryl methyl sites for hydroxylation is 1. The van der Waals surface area contributed by atoms with Crippen molar-refractivity contribution < 1.29 is 14.3 Å². The average molecular weight is 378 g/mol. The predicted molar refractivity (Wildman–Crippen MR) is 108 cm³/mol. The Bertz CT molecular complexity index is 980. The van der Waals surface area contributed by atoms with Crippen LogP contribution in [-0.4, -0.2) is 17.1 Å². The third-order valence-corrected chi connectivity index (χ3v) is 4.00. The molecular formula is C22H22N2O4. The molecule has 3 rings (SSSR count). The summed E-state index contributed by atoms with van der Waals surface area (Å²) in [7, 11) is 0. The monoisotopic (exact) mass is 378 g/mol. The van der Waals surface area contributed by atoms with E-state index in [-0.39, 0.29) is 17.9 Å². The number of hydrogen-bond donors (Lipinski definition) is 1. The molecule has 0 radical (unpaired) electrons. The lowest BCUT2D eigenvalue weighted by molar-refractivity contribution is -0.116. The molecule has 6 nitrogen and oxygen atoms in total. The van der Waals surface area contributed by atoms with Gasteiger partial charge in [0, 0.05) is 25.2 Å². The van der Waals surface area contributed by atoms with Crippen molar-refractivity contribution >= 4 is 11.6 Å². The zero-order chi connectivity index (χ0) is 19.8. The summed E-state index contributed by atoms with van der Waals surface area (Å²) < 4.78 is 12.8. The highest BCUT2D eigenvalue weighted by Gasteiger charge is 2.09. The second kappa shape index (κ2) is 9.41. The molecule has 144 valence electrons. The number of rotatable bonds is 8. The van der Waals surface area contributed by atoms with Crippen molar-refractivity contribution in [3.8, 4) is 17.2 Å². The smallest absolute Gasteiger partial charge is 0.250 e. The Kier molecular flexibility index (Phi) is 6.46. The van der Waals surface area contributed by atoms with E-state index in [4.69, 9.17) is 9.47 Å². The number of pyridine rings is 1. The molecule has 1 N–H and O–H groups in total. The summed E-state index contributed by atoms with van der Waals surface area (Å²) >= 11 is 0. The number of anilines is 1. The summed E-state index contributed by atoms with van der Waals surface area (Å²) in [6.45, 7) is 2.84. The molecular weight excluding hydrogens is 356 g/mol. The molecule has 0 unspecified atom stereocenters. The second-order valence-electron chi connectivity index (χ2n) is 6.03. The third kappa shape index (κ3) is 5.23. The summed E-state index contributed by atoms with van der Waals surface area (Å²) in [5, 5.41) is 2.85. The van der Waals surface area contributed by atoms with Crippen LogP contribution in [0.3, 0.4) is 0 Å². The number of hydrogen-bond acceptors (Lipinski definition) is 4. The Morgan fingerprint density at radius 3 is 2.43 bits per heavy atom. The molecule has 1 aromatic heterocycles. The molecule has 6 heteroatoms. The van der Waals surface area contributed by atoms with Crippen LogP contribution in [0.2, 0.25) is 0 Å². The molecule has 0 aliphatic heterocycles. The van der Waals surface area contributed by atoms with Gasteiger partial charge in [-0.1, -0.05) is 18.2 Å². The number of ether oxygens (including phenoxy) is 2. The lowest BCUT2D eigenvalue weighted by Gasteiger charge is -2.13. The Morgan fingerprint density at radius 2 is 1.68 bits per heavy atom. The molecule has 3 aromatic rings. The van der Waals surface area contributed by atoms with Crippen molar-refractivity contribution in [2.45, 2.75) is 19.9 Å². The zero-order valence-electron chi connectivity index (χ0n) is 15.6. The van der Waals surface area contributed by atoms with Gasteiger partial charge in [-0.3, -0.25) is 9.59 Å². The van der Waals surface area contributed by atoms with Crippen LogP contribution in [0.1, 0.15) is 13.3 Å².